The highest BCUT2D eigenvalue weighted by Gasteiger charge is 2.42. The zero-order valence-corrected chi connectivity index (χ0v) is 23.8. The number of carbonyl (C=O) groups excluding carboxylic acids is 1. The number of ether oxygens (including phenoxy) is 1. The molecule has 46 heavy (non-hydrogen) atoms. The van der Waals surface area contributed by atoms with Gasteiger partial charge >= 0.3 is 12.4 Å². The second-order valence-electron chi connectivity index (χ2n) is 10.7. The number of pyridine rings is 2. The molecule has 1 fully saturated rings. The van der Waals surface area contributed by atoms with E-state index >= 15 is 0 Å². The van der Waals surface area contributed by atoms with Crippen LogP contribution in [0.3, 0.4) is 0 Å². The number of nitrogens with one attached hydrogen (secondary N) is 1. The quantitative estimate of drug-likeness (QED) is 0.301. The van der Waals surface area contributed by atoms with E-state index in [1.807, 2.05) is 5.10 Å². The molecule has 1 saturated heterocycles. The van der Waals surface area contributed by atoms with E-state index in [4.69, 9.17) is 4.74 Å². The van der Waals surface area contributed by atoms with Crippen LogP contribution in [0.5, 0.6) is 5.75 Å². The van der Waals surface area contributed by atoms with Crippen molar-refractivity contribution >= 4 is 17.4 Å². The minimum absolute atomic E-state index is 0.0865. The Labute approximate surface area is 257 Å². The molecule has 16 heteroatoms. The highest BCUT2D eigenvalue weighted by atomic mass is 19.4. The fraction of sp³-hybridized carbons (Fsp3) is 0.300. The maximum absolute atomic E-state index is 13.9. The van der Waals surface area contributed by atoms with Crippen LogP contribution in [0.15, 0.2) is 72.0 Å². The Hall–Kier alpha value is -5.15. The third-order valence-electron chi connectivity index (χ3n) is 7.89. The fourth-order valence-corrected chi connectivity index (χ4v) is 5.63. The first-order valence-corrected chi connectivity index (χ1v) is 14.0. The maximum Gasteiger partial charge on any atom is 0.423 e. The normalized spacial score (nSPS) is 16.8. The number of fused-ring (bicyclic) bond motifs is 1. The first kappa shape index (κ1) is 30.9. The molecule has 0 aliphatic carbocycles. The number of halogens is 6. The minimum Gasteiger partial charge on any atom is -0.489 e. The number of aromatic amines is 1. The van der Waals surface area contributed by atoms with E-state index in [2.05, 4.69) is 15.1 Å². The van der Waals surface area contributed by atoms with Gasteiger partial charge in [-0.1, -0.05) is 24.3 Å². The molecule has 0 bridgehead atoms. The molecule has 6 rings (SSSR count). The Balaban J connectivity index is 1.14. The van der Waals surface area contributed by atoms with Gasteiger partial charge in [-0.15, -0.1) is 0 Å². The highest BCUT2D eigenvalue weighted by molar-refractivity contribution is 5.94. The SMILES string of the molecule is O=C(c1cncc(OCC2c3ccccc3CN2c2cn[nH]c(=O)c2C(F)(F)F)c1)N1CCN(c2ccc(C(F)(F)F)cn2)CC1. The molecule has 0 saturated carbocycles. The summed E-state index contributed by atoms with van der Waals surface area (Å²) in [4.78, 5) is 38.3. The van der Waals surface area contributed by atoms with E-state index in [9.17, 15) is 35.9 Å². The van der Waals surface area contributed by atoms with Crippen molar-refractivity contribution in [3.63, 3.8) is 0 Å². The molecule has 2 aliphatic heterocycles. The van der Waals surface area contributed by atoms with E-state index in [1.165, 1.54) is 29.4 Å². The van der Waals surface area contributed by atoms with Gasteiger partial charge in [-0.3, -0.25) is 14.6 Å². The Kier molecular flexibility index (Phi) is 8.04. The van der Waals surface area contributed by atoms with Gasteiger partial charge in [-0.25, -0.2) is 10.1 Å². The van der Waals surface area contributed by atoms with E-state index < -0.39 is 35.1 Å². The number of rotatable bonds is 6. The van der Waals surface area contributed by atoms with Crippen LogP contribution in [-0.2, 0) is 18.9 Å². The molecule has 0 radical (unpaired) electrons. The van der Waals surface area contributed by atoms with Crippen LogP contribution in [0.4, 0.5) is 37.8 Å². The van der Waals surface area contributed by atoms with E-state index in [0.29, 0.717) is 18.9 Å². The monoisotopic (exact) mass is 645 g/mol. The topological polar surface area (TPSA) is 108 Å². The molecular weight excluding hydrogens is 620 g/mol. The summed E-state index contributed by atoms with van der Waals surface area (Å²) in [6.07, 6.45) is -4.92. The lowest BCUT2D eigenvalue weighted by Gasteiger charge is -2.35. The third kappa shape index (κ3) is 6.19. The highest BCUT2D eigenvalue weighted by Crippen LogP contribution is 2.42. The summed E-state index contributed by atoms with van der Waals surface area (Å²) in [5.74, 6) is 0.246. The zero-order chi connectivity index (χ0) is 32.6. The molecule has 2 aliphatic rings. The Morgan fingerprint density at radius 1 is 0.935 bits per heavy atom. The predicted molar refractivity (Wildman–Crippen MR) is 152 cm³/mol. The molecule has 1 N–H and O–H groups in total. The second-order valence-corrected chi connectivity index (χ2v) is 10.7. The number of amides is 1. The molecule has 4 aromatic rings. The molecular formula is C30H25F6N7O3. The van der Waals surface area contributed by atoms with Gasteiger partial charge in [0.15, 0.2) is 0 Å². The third-order valence-corrected chi connectivity index (χ3v) is 7.89. The Morgan fingerprint density at radius 3 is 2.39 bits per heavy atom. The molecule has 3 aromatic heterocycles. The summed E-state index contributed by atoms with van der Waals surface area (Å²) < 4.78 is 86.3. The van der Waals surface area contributed by atoms with Crippen molar-refractivity contribution in [1.29, 1.82) is 0 Å². The van der Waals surface area contributed by atoms with Crippen molar-refractivity contribution in [3.05, 3.63) is 105 Å². The van der Waals surface area contributed by atoms with Crippen LogP contribution in [0.2, 0.25) is 0 Å². The molecule has 1 amide bonds. The predicted octanol–water partition coefficient (Wildman–Crippen LogP) is 4.70. The van der Waals surface area contributed by atoms with Gasteiger partial charge in [0.05, 0.1) is 35.2 Å². The second kappa shape index (κ2) is 12.0. The number of nitrogens with zero attached hydrogens (tertiary/aromatic N) is 6. The van der Waals surface area contributed by atoms with Crippen molar-refractivity contribution in [2.24, 2.45) is 0 Å². The number of carbonyl (C=O) groups is 1. The first-order valence-electron chi connectivity index (χ1n) is 14.0. The van der Waals surface area contributed by atoms with Crippen LogP contribution in [0.1, 0.15) is 38.7 Å². The van der Waals surface area contributed by atoms with Crippen molar-refractivity contribution in [2.75, 3.05) is 42.6 Å². The van der Waals surface area contributed by atoms with E-state index in [0.717, 1.165) is 29.6 Å². The van der Waals surface area contributed by atoms with Gasteiger partial charge in [0.1, 0.15) is 23.7 Å². The average molecular weight is 646 g/mol. The summed E-state index contributed by atoms with van der Waals surface area (Å²) in [5, 5.41) is 5.46. The molecule has 240 valence electrons. The molecule has 5 heterocycles. The maximum atomic E-state index is 13.9. The standard InChI is InChI=1S/C30H25F6N7O3/c31-29(32,33)20-5-6-25(38-13-20)41-7-9-42(10-8-41)28(45)19-11-21(14-37-12-19)46-17-24-22-4-2-1-3-18(22)16-43(24)23-15-39-40-27(44)26(23)30(34,35)36/h1-6,11-15,24H,7-10,16-17H2,(H,40,44). The van der Waals surface area contributed by atoms with Crippen LogP contribution in [-0.4, -0.2) is 63.8 Å². The van der Waals surface area contributed by atoms with Crippen LogP contribution < -0.4 is 20.1 Å². The smallest absolute Gasteiger partial charge is 0.423 e. The zero-order valence-electron chi connectivity index (χ0n) is 23.8. The Bertz CT molecular complexity index is 1790. The number of H-pyrrole nitrogens is 1. The number of hydrogen-bond donors (Lipinski definition) is 1. The molecule has 1 atom stereocenters. The van der Waals surface area contributed by atoms with Crippen LogP contribution >= 0.6 is 0 Å². The summed E-state index contributed by atoms with van der Waals surface area (Å²) >= 11 is 0. The summed E-state index contributed by atoms with van der Waals surface area (Å²) in [6.45, 7) is 1.23. The Morgan fingerprint density at radius 2 is 1.70 bits per heavy atom. The number of anilines is 2. The van der Waals surface area contributed by atoms with Crippen molar-refractivity contribution in [3.8, 4) is 5.75 Å². The number of benzene rings is 1. The number of piperazine rings is 1. The lowest BCUT2D eigenvalue weighted by atomic mass is 10.1. The fourth-order valence-electron chi connectivity index (χ4n) is 5.63. The summed E-state index contributed by atoms with van der Waals surface area (Å²) in [5.41, 5.74) is -2.23. The number of hydrogen-bond acceptors (Lipinski definition) is 8. The number of aromatic nitrogens is 4. The van der Waals surface area contributed by atoms with Gasteiger partial charge in [0.2, 0.25) is 0 Å². The molecule has 0 spiro atoms. The van der Waals surface area contributed by atoms with Crippen molar-refractivity contribution in [2.45, 2.75) is 24.9 Å². The molecule has 1 aromatic carbocycles. The van der Waals surface area contributed by atoms with Gasteiger partial charge in [0.25, 0.3) is 11.5 Å². The molecule has 10 nitrogen and oxygen atoms in total. The average Bonchev–Trinajstić information content (AvgIpc) is 3.41. The van der Waals surface area contributed by atoms with Crippen LogP contribution in [0.25, 0.3) is 0 Å². The largest absolute Gasteiger partial charge is 0.489 e. The van der Waals surface area contributed by atoms with Crippen molar-refractivity contribution in [1.82, 2.24) is 25.1 Å². The van der Waals surface area contributed by atoms with E-state index in [-0.39, 0.29) is 49.1 Å². The molecule has 1 unspecified atom stereocenters. The lowest BCUT2D eigenvalue weighted by Crippen LogP contribution is -2.49. The van der Waals surface area contributed by atoms with Gasteiger partial charge in [-0.05, 0) is 29.3 Å². The first-order chi connectivity index (χ1) is 21.9. The van der Waals surface area contributed by atoms with Crippen LogP contribution in [0, 0.1) is 0 Å². The summed E-state index contributed by atoms with van der Waals surface area (Å²) in [6, 6.07) is 10.1. The minimum atomic E-state index is -4.93. The van der Waals surface area contributed by atoms with Crippen molar-refractivity contribution < 1.29 is 35.9 Å². The lowest BCUT2D eigenvalue weighted by molar-refractivity contribution is -0.139. The van der Waals surface area contributed by atoms with Gasteiger partial charge < -0.3 is 19.4 Å². The van der Waals surface area contributed by atoms with E-state index in [1.54, 1.807) is 34.1 Å². The van der Waals surface area contributed by atoms with Gasteiger partial charge in [0, 0.05) is 45.1 Å². The number of alkyl halides is 6. The summed E-state index contributed by atoms with van der Waals surface area (Å²) in [7, 11) is 0. The van der Waals surface area contributed by atoms with Gasteiger partial charge in [-0.2, -0.15) is 31.4 Å².